The summed E-state index contributed by atoms with van der Waals surface area (Å²) < 4.78 is 13.4. The zero-order valence-corrected chi connectivity index (χ0v) is 13.9. The Kier molecular flexibility index (Phi) is 4.39. The number of nitrogens with zero attached hydrogens (tertiary/aromatic N) is 1. The Morgan fingerprint density at radius 1 is 1.22 bits per heavy atom. The number of rotatable bonds is 2. The Balaban J connectivity index is 1.92. The highest BCUT2D eigenvalue weighted by Crippen LogP contribution is 2.36. The zero-order valence-electron chi connectivity index (χ0n) is 11.5. The third-order valence-corrected chi connectivity index (χ3v) is 4.75. The molecule has 1 N–H and O–H groups in total. The van der Waals surface area contributed by atoms with Crippen LogP contribution in [0.1, 0.15) is 5.56 Å². The van der Waals surface area contributed by atoms with E-state index < -0.39 is 0 Å². The molecule has 3 rings (SSSR count). The molecule has 0 unspecified atom stereocenters. The molecule has 1 saturated heterocycles. The van der Waals surface area contributed by atoms with Crippen LogP contribution in [-0.4, -0.2) is 15.3 Å². The van der Waals surface area contributed by atoms with Gasteiger partial charge in [0, 0.05) is 0 Å². The number of carbonyl (C=O) groups excluding carboxylic acids is 1. The van der Waals surface area contributed by atoms with Crippen LogP contribution < -0.4 is 4.90 Å². The highest BCUT2D eigenvalue weighted by atomic mass is 35.5. The first-order chi connectivity index (χ1) is 11.0. The number of aromatic hydroxyl groups is 1. The lowest BCUT2D eigenvalue weighted by molar-refractivity contribution is -0.113. The number of thiocarbonyl (C=S) groups is 1. The quantitative estimate of drug-likeness (QED) is 0.624. The van der Waals surface area contributed by atoms with E-state index in [0.29, 0.717) is 20.5 Å². The first-order valence-corrected chi connectivity index (χ1v) is 8.08. The van der Waals surface area contributed by atoms with Crippen LogP contribution in [0, 0.1) is 5.82 Å². The van der Waals surface area contributed by atoms with Crippen LogP contribution in [0.25, 0.3) is 6.08 Å². The third-order valence-electron chi connectivity index (χ3n) is 3.15. The van der Waals surface area contributed by atoms with Crippen LogP contribution in [0.3, 0.4) is 0 Å². The minimum absolute atomic E-state index is 0.0253. The molecule has 1 heterocycles. The second-order valence-electron chi connectivity index (χ2n) is 4.70. The van der Waals surface area contributed by atoms with Crippen molar-refractivity contribution in [2.75, 3.05) is 4.90 Å². The van der Waals surface area contributed by atoms with Crippen LogP contribution in [0.2, 0.25) is 5.02 Å². The van der Waals surface area contributed by atoms with Crippen LogP contribution in [0.5, 0.6) is 5.75 Å². The van der Waals surface area contributed by atoms with Crippen molar-refractivity contribution in [2.24, 2.45) is 0 Å². The lowest BCUT2D eigenvalue weighted by Crippen LogP contribution is -2.27. The average molecular weight is 366 g/mol. The SMILES string of the molecule is O=C1C(=Cc2ccc(O)c(Cl)c2)SC(=S)N1c1ccc(F)cc1. The van der Waals surface area contributed by atoms with E-state index >= 15 is 0 Å². The van der Waals surface area contributed by atoms with E-state index in [9.17, 15) is 14.3 Å². The molecule has 0 aliphatic carbocycles. The monoisotopic (exact) mass is 365 g/mol. The molecule has 23 heavy (non-hydrogen) atoms. The molecule has 0 atom stereocenters. The van der Waals surface area contributed by atoms with Gasteiger partial charge in [0.1, 0.15) is 11.6 Å². The van der Waals surface area contributed by atoms with Crippen molar-refractivity contribution in [2.45, 2.75) is 0 Å². The normalized spacial score (nSPS) is 16.4. The van der Waals surface area contributed by atoms with Crippen molar-refractivity contribution >= 4 is 57.6 Å². The van der Waals surface area contributed by atoms with Crippen LogP contribution in [0.4, 0.5) is 10.1 Å². The number of phenolic OH excluding ortho intramolecular Hbond substituents is 1. The largest absolute Gasteiger partial charge is 0.506 e. The fraction of sp³-hybridized carbons (Fsp3) is 0. The molecule has 3 nitrogen and oxygen atoms in total. The molecule has 1 aliphatic heterocycles. The molecule has 7 heteroatoms. The smallest absolute Gasteiger partial charge is 0.270 e. The number of anilines is 1. The predicted molar refractivity (Wildman–Crippen MR) is 95.2 cm³/mol. The van der Waals surface area contributed by atoms with E-state index in [1.54, 1.807) is 18.2 Å². The molecule has 0 radical (unpaired) electrons. The van der Waals surface area contributed by atoms with Crippen LogP contribution in [0.15, 0.2) is 47.4 Å². The Hall–Kier alpha value is -1.89. The van der Waals surface area contributed by atoms with Crippen molar-refractivity contribution in [1.29, 1.82) is 0 Å². The number of hydrogen-bond donors (Lipinski definition) is 1. The standard InChI is InChI=1S/C16H9ClFNO2S2/c17-12-7-9(1-6-13(12)20)8-14-15(21)19(16(22)23-14)11-4-2-10(18)3-5-11/h1-8,20H. The molecule has 0 bridgehead atoms. The summed E-state index contributed by atoms with van der Waals surface area (Å²) in [6.45, 7) is 0. The van der Waals surface area contributed by atoms with Gasteiger partial charge < -0.3 is 5.11 Å². The lowest BCUT2D eigenvalue weighted by atomic mass is 10.2. The van der Waals surface area contributed by atoms with Gasteiger partial charge in [-0.3, -0.25) is 9.69 Å². The summed E-state index contributed by atoms with van der Waals surface area (Å²) in [5.41, 5.74) is 1.19. The molecule has 0 aromatic heterocycles. The molecular formula is C16H9ClFNO2S2. The maximum absolute atomic E-state index is 13.0. The van der Waals surface area contributed by atoms with E-state index in [4.69, 9.17) is 23.8 Å². The number of hydrogen-bond acceptors (Lipinski definition) is 4. The minimum Gasteiger partial charge on any atom is -0.506 e. The number of carbonyl (C=O) groups is 1. The van der Waals surface area contributed by atoms with Gasteiger partial charge in [0.2, 0.25) is 0 Å². The van der Waals surface area contributed by atoms with Crippen LogP contribution in [-0.2, 0) is 4.79 Å². The predicted octanol–water partition coefficient (Wildman–Crippen LogP) is 4.59. The molecule has 0 spiro atoms. The van der Waals surface area contributed by atoms with Gasteiger partial charge >= 0.3 is 0 Å². The van der Waals surface area contributed by atoms with Gasteiger partial charge in [-0.15, -0.1) is 0 Å². The number of phenols is 1. The Labute approximate surface area is 146 Å². The van der Waals surface area contributed by atoms with Crippen molar-refractivity contribution in [1.82, 2.24) is 0 Å². The summed E-state index contributed by atoms with van der Waals surface area (Å²) in [5, 5.41) is 9.63. The van der Waals surface area contributed by atoms with Gasteiger partial charge in [-0.25, -0.2) is 4.39 Å². The summed E-state index contributed by atoms with van der Waals surface area (Å²) in [6, 6.07) is 10.2. The highest BCUT2D eigenvalue weighted by molar-refractivity contribution is 8.27. The van der Waals surface area contributed by atoms with Crippen molar-refractivity contribution in [3.63, 3.8) is 0 Å². The molecule has 116 valence electrons. The highest BCUT2D eigenvalue weighted by Gasteiger charge is 2.33. The third kappa shape index (κ3) is 3.24. The molecule has 2 aromatic carbocycles. The summed E-state index contributed by atoms with van der Waals surface area (Å²) >= 11 is 12.3. The molecule has 1 aliphatic rings. The molecule has 1 amide bonds. The average Bonchev–Trinajstić information content (AvgIpc) is 2.79. The van der Waals surface area contributed by atoms with E-state index in [1.807, 2.05) is 0 Å². The summed E-state index contributed by atoms with van der Waals surface area (Å²) in [6.07, 6.45) is 1.65. The van der Waals surface area contributed by atoms with Crippen LogP contribution >= 0.6 is 35.6 Å². The van der Waals surface area contributed by atoms with E-state index in [0.717, 1.165) is 11.8 Å². The Morgan fingerprint density at radius 2 is 1.91 bits per heavy atom. The van der Waals surface area contributed by atoms with Gasteiger partial charge in [-0.05, 0) is 48.0 Å². The zero-order chi connectivity index (χ0) is 16.6. The van der Waals surface area contributed by atoms with Crippen molar-refractivity contribution < 1.29 is 14.3 Å². The maximum Gasteiger partial charge on any atom is 0.270 e. The molecule has 1 fully saturated rings. The Bertz CT molecular complexity index is 836. The van der Waals surface area contributed by atoms with E-state index in [-0.39, 0.29) is 22.5 Å². The molecule has 2 aromatic rings. The van der Waals surface area contributed by atoms with Crippen molar-refractivity contribution in [3.05, 3.63) is 63.8 Å². The number of benzene rings is 2. The second kappa shape index (κ2) is 6.31. The fourth-order valence-electron chi connectivity index (χ4n) is 2.04. The number of halogens is 2. The first kappa shape index (κ1) is 16.0. The van der Waals surface area contributed by atoms with E-state index in [1.165, 1.54) is 35.2 Å². The maximum atomic E-state index is 13.0. The van der Waals surface area contributed by atoms with Gasteiger partial charge in [-0.2, -0.15) is 0 Å². The second-order valence-corrected chi connectivity index (χ2v) is 6.79. The van der Waals surface area contributed by atoms with Gasteiger partial charge in [-0.1, -0.05) is 41.6 Å². The topological polar surface area (TPSA) is 40.5 Å². The van der Waals surface area contributed by atoms with Crippen molar-refractivity contribution in [3.8, 4) is 5.75 Å². The summed E-state index contributed by atoms with van der Waals surface area (Å²) in [5.74, 6) is -0.688. The minimum atomic E-state index is -0.381. The number of amides is 1. The number of thioether (sulfide) groups is 1. The Morgan fingerprint density at radius 3 is 2.57 bits per heavy atom. The summed E-state index contributed by atoms with van der Waals surface area (Å²) in [4.78, 5) is 14.3. The summed E-state index contributed by atoms with van der Waals surface area (Å²) in [7, 11) is 0. The first-order valence-electron chi connectivity index (χ1n) is 6.48. The fourth-order valence-corrected chi connectivity index (χ4v) is 3.53. The van der Waals surface area contributed by atoms with Gasteiger partial charge in [0.05, 0.1) is 15.6 Å². The lowest BCUT2D eigenvalue weighted by Gasteiger charge is -2.14. The molecule has 0 saturated carbocycles. The van der Waals surface area contributed by atoms with E-state index in [2.05, 4.69) is 0 Å². The van der Waals surface area contributed by atoms with Gasteiger partial charge in [0.15, 0.2) is 4.32 Å². The molecular weight excluding hydrogens is 357 g/mol. The van der Waals surface area contributed by atoms with Gasteiger partial charge in [0.25, 0.3) is 5.91 Å².